The maximum absolute atomic E-state index is 11.2. The van der Waals surface area contributed by atoms with E-state index in [9.17, 15) is 4.79 Å². The summed E-state index contributed by atoms with van der Waals surface area (Å²) < 4.78 is 0. The first-order chi connectivity index (χ1) is 6.72. The van der Waals surface area contributed by atoms with Crippen LogP contribution in [0.25, 0.3) is 6.08 Å². The minimum absolute atomic E-state index is 0.202. The normalized spacial score (nSPS) is 10.7. The number of hydrogen-bond acceptors (Lipinski definition) is 1. The Morgan fingerprint density at radius 3 is 2.50 bits per heavy atom. The van der Waals surface area contributed by atoms with Gasteiger partial charge in [-0.15, -0.1) is 0 Å². The molecule has 14 heavy (non-hydrogen) atoms. The lowest BCUT2D eigenvalue weighted by Crippen LogP contribution is -1.89. The summed E-state index contributed by atoms with van der Waals surface area (Å²) in [6.45, 7) is 4.06. The molecule has 1 heteroatoms. The van der Waals surface area contributed by atoms with Gasteiger partial charge in [0.15, 0.2) is 5.78 Å². The third-order valence-electron chi connectivity index (χ3n) is 2.04. The fraction of sp³-hybridized carbons (Fsp3) is 0.308. The maximum Gasteiger partial charge on any atom is 0.155 e. The summed E-state index contributed by atoms with van der Waals surface area (Å²) in [5.41, 5.74) is 2.32. The third-order valence-corrected chi connectivity index (χ3v) is 2.04. The zero-order valence-corrected chi connectivity index (χ0v) is 8.79. The van der Waals surface area contributed by atoms with Crippen molar-refractivity contribution in [1.29, 1.82) is 0 Å². The Balaban J connectivity index is 2.60. The molecule has 1 aromatic carbocycles. The van der Waals surface area contributed by atoms with Crippen molar-refractivity contribution in [2.45, 2.75) is 26.7 Å². The Bertz CT molecular complexity index is 320. The van der Waals surface area contributed by atoms with Gasteiger partial charge in [-0.2, -0.15) is 0 Å². The molecule has 0 aromatic heterocycles. The molecule has 0 bridgehead atoms. The number of benzene rings is 1. The second-order valence-corrected chi connectivity index (χ2v) is 3.46. The first-order valence-electron chi connectivity index (χ1n) is 5.00. The van der Waals surface area contributed by atoms with Gasteiger partial charge in [-0.05, 0) is 25.0 Å². The van der Waals surface area contributed by atoms with Crippen LogP contribution in [0.1, 0.15) is 30.9 Å². The first-order valence-corrected chi connectivity index (χ1v) is 5.00. The van der Waals surface area contributed by atoms with Gasteiger partial charge < -0.3 is 0 Å². The van der Waals surface area contributed by atoms with Crippen LogP contribution in [-0.4, -0.2) is 5.78 Å². The van der Waals surface area contributed by atoms with Crippen molar-refractivity contribution in [2.75, 3.05) is 0 Å². The van der Waals surface area contributed by atoms with Gasteiger partial charge in [0.1, 0.15) is 0 Å². The van der Waals surface area contributed by atoms with Gasteiger partial charge in [0, 0.05) is 6.42 Å². The van der Waals surface area contributed by atoms with E-state index in [1.165, 1.54) is 5.56 Å². The summed E-state index contributed by atoms with van der Waals surface area (Å²) in [6, 6.07) is 8.13. The molecular formula is C13H16O. The summed E-state index contributed by atoms with van der Waals surface area (Å²) in [6.07, 6.45) is 5.09. The molecule has 0 amide bonds. The zero-order chi connectivity index (χ0) is 10.4. The van der Waals surface area contributed by atoms with E-state index in [1.807, 2.05) is 37.3 Å². The van der Waals surface area contributed by atoms with E-state index in [4.69, 9.17) is 0 Å². The van der Waals surface area contributed by atoms with Crippen LogP contribution < -0.4 is 0 Å². The molecule has 0 N–H and O–H groups in total. The Labute approximate surface area is 85.5 Å². The van der Waals surface area contributed by atoms with E-state index in [0.717, 1.165) is 12.0 Å². The molecule has 0 aliphatic rings. The van der Waals surface area contributed by atoms with E-state index in [-0.39, 0.29) is 5.78 Å². The monoisotopic (exact) mass is 188 g/mol. The Morgan fingerprint density at radius 1 is 1.29 bits per heavy atom. The summed E-state index contributed by atoms with van der Waals surface area (Å²) in [4.78, 5) is 11.2. The van der Waals surface area contributed by atoms with Gasteiger partial charge >= 0.3 is 0 Å². The average molecular weight is 188 g/mol. The van der Waals surface area contributed by atoms with Crippen molar-refractivity contribution >= 4 is 11.9 Å². The van der Waals surface area contributed by atoms with E-state index < -0.39 is 0 Å². The van der Waals surface area contributed by atoms with Crippen molar-refractivity contribution in [2.24, 2.45) is 0 Å². The van der Waals surface area contributed by atoms with Crippen molar-refractivity contribution in [3.05, 3.63) is 41.5 Å². The first kappa shape index (κ1) is 10.7. The number of rotatable bonds is 4. The number of carbonyl (C=O) groups excluding carboxylic acids is 1. The number of allylic oxidation sites excluding steroid dienone is 1. The quantitative estimate of drug-likeness (QED) is 0.662. The van der Waals surface area contributed by atoms with Gasteiger partial charge in [-0.3, -0.25) is 4.79 Å². The van der Waals surface area contributed by atoms with Crippen molar-refractivity contribution in [1.82, 2.24) is 0 Å². The van der Waals surface area contributed by atoms with Gasteiger partial charge in [0.2, 0.25) is 0 Å². The van der Waals surface area contributed by atoms with Crippen molar-refractivity contribution in [3.63, 3.8) is 0 Å². The molecule has 0 aliphatic carbocycles. The lowest BCUT2D eigenvalue weighted by molar-refractivity contribution is -0.114. The van der Waals surface area contributed by atoms with Crippen LogP contribution in [0.5, 0.6) is 0 Å². The molecule has 0 aliphatic heterocycles. The summed E-state index contributed by atoms with van der Waals surface area (Å²) in [5, 5.41) is 0. The summed E-state index contributed by atoms with van der Waals surface area (Å²) in [7, 11) is 0. The van der Waals surface area contributed by atoms with Crippen LogP contribution in [-0.2, 0) is 4.79 Å². The average Bonchev–Trinajstić information content (AvgIpc) is 2.17. The van der Waals surface area contributed by atoms with Crippen LogP contribution in [0.15, 0.2) is 30.3 Å². The largest absolute Gasteiger partial charge is 0.295 e. The second kappa shape index (κ2) is 5.38. The SMILES string of the molecule is CCCC(=O)C=Cc1ccc(C)cc1. The van der Waals surface area contributed by atoms with Gasteiger partial charge in [-0.1, -0.05) is 42.8 Å². The van der Waals surface area contributed by atoms with Crippen molar-refractivity contribution < 1.29 is 4.79 Å². The topological polar surface area (TPSA) is 17.1 Å². The molecule has 0 atom stereocenters. The van der Waals surface area contributed by atoms with Gasteiger partial charge in [0.05, 0.1) is 0 Å². The molecule has 1 rings (SSSR count). The molecule has 0 saturated carbocycles. The third kappa shape index (κ3) is 3.56. The number of carbonyl (C=O) groups is 1. The Morgan fingerprint density at radius 2 is 1.93 bits per heavy atom. The minimum atomic E-state index is 0.202. The maximum atomic E-state index is 11.2. The zero-order valence-electron chi connectivity index (χ0n) is 8.79. The highest BCUT2D eigenvalue weighted by Crippen LogP contribution is 2.05. The minimum Gasteiger partial charge on any atom is -0.295 e. The van der Waals surface area contributed by atoms with E-state index in [1.54, 1.807) is 6.08 Å². The number of aryl methyl sites for hydroxylation is 1. The lowest BCUT2D eigenvalue weighted by Gasteiger charge is -1.94. The van der Waals surface area contributed by atoms with Gasteiger partial charge in [-0.25, -0.2) is 0 Å². The molecule has 0 heterocycles. The highest BCUT2D eigenvalue weighted by Gasteiger charge is 1.93. The molecule has 0 fully saturated rings. The molecule has 0 unspecified atom stereocenters. The van der Waals surface area contributed by atoms with Crippen molar-refractivity contribution in [3.8, 4) is 0 Å². The molecular weight excluding hydrogens is 172 g/mol. The molecule has 0 spiro atoms. The highest BCUT2D eigenvalue weighted by molar-refractivity contribution is 5.93. The Hall–Kier alpha value is -1.37. The highest BCUT2D eigenvalue weighted by atomic mass is 16.1. The summed E-state index contributed by atoms with van der Waals surface area (Å²) in [5.74, 6) is 0.202. The standard InChI is InChI=1S/C13H16O/c1-3-4-13(14)10-9-12-7-5-11(2)6-8-12/h5-10H,3-4H2,1-2H3. The molecule has 0 saturated heterocycles. The fourth-order valence-electron chi connectivity index (χ4n) is 1.20. The van der Waals surface area contributed by atoms with Crippen LogP contribution in [0.3, 0.4) is 0 Å². The Kier molecular flexibility index (Phi) is 4.11. The van der Waals surface area contributed by atoms with Gasteiger partial charge in [0.25, 0.3) is 0 Å². The number of hydrogen-bond donors (Lipinski definition) is 0. The fourth-order valence-corrected chi connectivity index (χ4v) is 1.20. The van der Waals surface area contributed by atoms with Crippen LogP contribution in [0, 0.1) is 6.92 Å². The summed E-state index contributed by atoms with van der Waals surface area (Å²) >= 11 is 0. The molecule has 1 nitrogen and oxygen atoms in total. The van der Waals surface area contributed by atoms with Crippen LogP contribution in [0.2, 0.25) is 0 Å². The molecule has 74 valence electrons. The van der Waals surface area contributed by atoms with E-state index in [0.29, 0.717) is 6.42 Å². The predicted molar refractivity (Wildman–Crippen MR) is 60.1 cm³/mol. The van der Waals surface area contributed by atoms with E-state index in [2.05, 4.69) is 6.92 Å². The van der Waals surface area contributed by atoms with Crippen LogP contribution >= 0.6 is 0 Å². The van der Waals surface area contributed by atoms with E-state index >= 15 is 0 Å². The van der Waals surface area contributed by atoms with Crippen LogP contribution in [0.4, 0.5) is 0 Å². The molecule has 1 aromatic rings. The number of ketones is 1. The molecule has 0 radical (unpaired) electrons. The predicted octanol–water partition coefficient (Wildman–Crippen LogP) is 3.38. The lowest BCUT2D eigenvalue weighted by atomic mass is 10.1. The smallest absolute Gasteiger partial charge is 0.155 e. The second-order valence-electron chi connectivity index (χ2n) is 3.46.